The molecule has 3 nitrogen and oxygen atoms in total. The highest BCUT2D eigenvalue weighted by atomic mass is 19.4. The molecule has 0 bridgehead atoms. The normalized spacial score (nSPS) is 17.5. The van der Waals surface area contributed by atoms with E-state index in [-0.39, 0.29) is 6.23 Å². The van der Waals surface area contributed by atoms with Gasteiger partial charge in [-0.2, -0.15) is 13.2 Å². The Labute approximate surface area is 155 Å². The average Bonchev–Trinajstić information content (AvgIpc) is 3.30. The van der Waals surface area contributed by atoms with Gasteiger partial charge in [-0.15, -0.1) is 0 Å². The molecule has 0 radical (unpaired) electrons. The van der Waals surface area contributed by atoms with Crippen molar-refractivity contribution in [3.8, 4) is 5.69 Å². The van der Waals surface area contributed by atoms with E-state index in [0.717, 1.165) is 29.9 Å². The van der Waals surface area contributed by atoms with Crippen LogP contribution in [0.2, 0.25) is 0 Å². The van der Waals surface area contributed by atoms with Gasteiger partial charge in [-0.3, -0.25) is 0 Å². The predicted molar refractivity (Wildman–Crippen MR) is 98.0 cm³/mol. The van der Waals surface area contributed by atoms with Crippen LogP contribution in [0.5, 0.6) is 0 Å². The number of hydrogen-bond acceptors (Lipinski definition) is 2. The molecule has 4 rings (SSSR count). The molecule has 0 N–H and O–H groups in total. The summed E-state index contributed by atoms with van der Waals surface area (Å²) in [5, 5.41) is 0. The summed E-state index contributed by atoms with van der Waals surface area (Å²) >= 11 is 0. The first-order chi connectivity index (χ1) is 12.9. The number of rotatable bonds is 3. The summed E-state index contributed by atoms with van der Waals surface area (Å²) in [6, 6.07) is 15.4. The SMILES string of the molecule is Cc1cccc(N2CCO[C@H]2c2ccn(-c3cccc(C(F)(F)F)c3)c2)c1. The van der Waals surface area contributed by atoms with Gasteiger partial charge in [0.15, 0.2) is 6.23 Å². The van der Waals surface area contributed by atoms with E-state index in [1.54, 1.807) is 16.8 Å². The van der Waals surface area contributed by atoms with Gasteiger partial charge in [0.25, 0.3) is 0 Å². The van der Waals surface area contributed by atoms with Gasteiger partial charge in [0.05, 0.1) is 12.2 Å². The van der Waals surface area contributed by atoms with Gasteiger partial charge in [0.1, 0.15) is 0 Å². The molecule has 2 aromatic carbocycles. The van der Waals surface area contributed by atoms with Gasteiger partial charge < -0.3 is 14.2 Å². The highest BCUT2D eigenvalue weighted by Gasteiger charge is 2.31. The van der Waals surface area contributed by atoms with E-state index in [1.807, 2.05) is 37.4 Å². The van der Waals surface area contributed by atoms with Crippen LogP contribution in [-0.2, 0) is 10.9 Å². The quantitative estimate of drug-likeness (QED) is 0.617. The molecule has 1 aromatic heterocycles. The largest absolute Gasteiger partial charge is 0.416 e. The van der Waals surface area contributed by atoms with Gasteiger partial charge in [-0.1, -0.05) is 18.2 Å². The summed E-state index contributed by atoms with van der Waals surface area (Å²) in [6.45, 7) is 3.41. The summed E-state index contributed by atoms with van der Waals surface area (Å²) in [5.74, 6) is 0. The van der Waals surface area contributed by atoms with Gasteiger partial charge in [-0.05, 0) is 48.9 Å². The smallest absolute Gasteiger partial charge is 0.352 e. The lowest BCUT2D eigenvalue weighted by Crippen LogP contribution is -2.23. The number of alkyl halides is 3. The number of aryl methyl sites for hydroxylation is 1. The Hall–Kier alpha value is -2.73. The van der Waals surface area contributed by atoms with Crippen LogP contribution in [0.25, 0.3) is 5.69 Å². The number of anilines is 1. The zero-order valence-electron chi connectivity index (χ0n) is 14.8. The second-order valence-corrected chi connectivity index (χ2v) is 6.66. The predicted octanol–water partition coefficient (Wildman–Crippen LogP) is 5.34. The zero-order valence-corrected chi connectivity index (χ0v) is 14.8. The third-order valence-electron chi connectivity index (χ3n) is 4.70. The number of halogens is 3. The fourth-order valence-corrected chi connectivity index (χ4v) is 3.38. The molecular formula is C21H19F3N2O. The van der Waals surface area contributed by atoms with Crippen molar-refractivity contribution in [2.45, 2.75) is 19.3 Å². The zero-order chi connectivity index (χ0) is 19.0. The summed E-state index contributed by atoms with van der Waals surface area (Å²) < 4.78 is 46.5. The molecule has 1 saturated heterocycles. The Kier molecular flexibility index (Phi) is 4.44. The van der Waals surface area contributed by atoms with Crippen molar-refractivity contribution >= 4 is 5.69 Å². The van der Waals surface area contributed by atoms with E-state index in [9.17, 15) is 13.2 Å². The molecule has 140 valence electrons. The van der Waals surface area contributed by atoms with Crippen molar-refractivity contribution in [2.75, 3.05) is 18.1 Å². The maximum atomic E-state index is 13.0. The Morgan fingerprint density at radius 2 is 1.78 bits per heavy atom. The van der Waals surface area contributed by atoms with Gasteiger partial charge >= 0.3 is 6.18 Å². The Balaban J connectivity index is 1.63. The molecule has 6 heteroatoms. The molecule has 2 heterocycles. The van der Waals surface area contributed by atoms with Crippen molar-refractivity contribution in [3.05, 3.63) is 83.7 Å². The molecule has 1 aliphatic heterocycles. The summed E-state index contributed by atoms with van der Waals surface area (Å²) in [6.07, 6.45) is -1.02. The van der Waals surface area contributed by atoms with Crippen molar-refractivity contribution in [1.29, 1.82) is 0 Å². The van der Waals surface area contributed by atoms with Crippen LogP contribution in [0.15, 0.2) is 67.0 Å². The lowest BCUT2D eigenvalue weighted by Gasteiger charge is -2.25. The Bertz CT molecular complexity index is 948. The molecule has 0 aliphatic carbocycles. The van der Waals surface area contributed by atoms with E-state index in [0.29, 0.717) is 12.3 Å². The molecule has 27 heavy (non-hydrogen) atoms. The van der Waals surface area contributed by atoms with Crippen molar-refractivity contribution in [3.63, 3.8) is 0 Å². The van der Waals surface area contributed by atoms with E-state index in [4.69, 9.17) is 4.74 Å². The summed E-state index contributed by atoms with van der Waals surface area (Å²) in [4.78, 5) is 2.17. The number of aromatic nitrogens is 1. The minimum atomic E-state index is -4.36. The minimum absolute atomic E-state index is 0.251. The van der Waals surface area contributed by atoms with Crippen molar-refractivity contribution in [1.82, 2.24) is 4.57 Å². The maximum absolute atomic E-state index is 13.0. The highest BCUT2D eigenvalue weighted by Crippen LogP contribution is 2.34. The number of hydrogen-bond donors (Lipinski definition) is 0. The second-order valence-electron chi connectivity index (χ2n) is 6.66. The lowest BCUT2D eigenvalue weighted by molar-refractivity contribution is -0.137. The monoisotopic (exact) mass is 372 g/mol. The van der Waals surface area contributed by atoms with Crippen LogP contribution in [-0.4, -0.2) is 17.7 Å². The van der Waals surface area contributed by atoms with E-state index >= 15 is 0 Å². The highest BCUT2D eigenvalue weighted by molar-refractivity contribution is 5.51. The van der Waals surface area contributed by atoms with Crippen molar-refractivity contribution < 1.29 is 17.9 Å². The Morgan fingerprint density at radius 1 is 1.00 bits per heavy atom. The molecule has 0 saturated carbocycles. The van der Waals surface area contributed by atoms with Crippen LogP contribution in [0.4, 0.5) is 18.9 Å². The number of nitrogens with zero attached hydrogens (tertiary/aromatic N) is 2. The molecule has 0 amide bonds. The molecule has 0 unspecified atom stereocenters. The second kappa shape index (κ2) is 6.78. The molecule has 1 atom stereocenters. The topological polar surface area (TPSA) is 17.4 Å². The number of benzene rings is 2. The standard InChI is InChI=1S/C21H19F3N2O/c1-15-4-2-7-19(12-15)26-10-11-27-20(26)16-8-9-25(14-16)18-6-3-5-17(13-18)21(22,23)24/h2-9,12-14,20H,10-11H2,1H3/t20-/m0/s1. The van der Waals surface area contributed by atoms with E-state index < -0.39 is 11.7 Å². The van der Waals surface area contributed by atoms with Gasteiger partial charge in [-0.25, -0.2) is 0 Å². The lowest BCUT2D eigenvalue weighted by atomic mass is 10.2. The molecule has 3 aromatic rings. The fourth-order valence-electron chi connectivity index (χ4n) is 3.38. The fraction of sp³-hybridized carbons (Fsp3) is 0.238. The molecule has 1 fully saturated rings. The number of ether oxygens (including phenoxy) is 1. The minimum Gasteiger partial charge on any atom is -0.352 e. The van der Waals surface area contributed by atoms with Crippen LogP contribution < -0.4 is 4.90 Å². The summed E-state index contributed by atoms with van der Waals surface area (Å²) in [7, 11) is 0. The van der Waals surface area contributed by atoms with Gasteiger partial charge in [0, 0.05) is 35.9 Å². The van der Waals surface area contributed by atoms with Crippen LogP contribution >= 0.6 is 0 Å². The summed E-state index contributed by atoms with van der Waals surface area (Å²) in [5.41, 5.74) is 2.96. The first-order valence-electron chi connectivity index (χ1n) is 8.72. The van der Waals surface area contributed by atoms with E-state index in [1.165, 1.54) is 11.6 Å². The van der Waals surface area contributed by atoms with Gasteiger partial charge in [0.2, 0.25) is 0 Å². The first kappa shape index (κ1) is 17.7. The first-order valence-corrected chi connectivity index (χ1v) is 8.72. The molecular weight excluding hydrogens is 353 g/mol. The maximum Gasteiger partial charge on any atom is 0.416 e. The molecule has 0 spiro atoms. The Morgan fingerprint density at radius 3 is 2.56 bits per heavy atom. The third-order valence-corrected chi connectivity index (χ3v) is 4.70. The van der Waals surface area contributed by atoms with Crippen LogP contribution in [0, 0.1) is 6.92 Å². The van der Waals surface area contributed by atoms with Crippen LogP contribution in [0.1, 0.15) is 22.9 Å². The van der Waals surface area contributed by atoms with E-state index in [2.05, 4.69) is 11.0 Å². The van der Waals surface area contributed by atoms with Crippen LogP contribution in [0.3, 0.4) is 0 Å². The van der Waals surface area contributed by atoms with Crippen molar-refractivity contribution in [2.24, 2.45) is 0 Å². The molecule has 1 aliphatic rings. The third kappa shape index (κ3) is 3.57. The average molecular weight is 372 g/mol.